The van der Waals surface area contributed by atoms with Crippen molar-refractivity contribution in [2.45, 2.75) is 19.9 Å². The molecule has 84 valence electrons. The number of carbonyl (C=O) groups is 1. The number of hydrogen-bond acceptors (Lipinski definition) is 3. The molecule has 1 heterocycles. The van der Waals surface area contributed by atoms with Crippen LogP contribution in [0.1, 0.15) is 19.2 Å². The summed E-state index contributed by atoms with van der Waals surface area (Å²) < 4.78 is 5.12. The molecule has 0 saturated carbocycles. The molecule has 0 radical (unpaired) electrons. The van der Waals surface area contributed by atoms with Crippen LogP contribution in [-0.4, -0.2) is 41.0 Å². The van der Waals surface area contributed by atoms with Crippen molar-refractivity contribution >= 4 is 5.91 Å². The van der Waals surface area contributed by atoms with E-state index in [1.165, 1.54) is 0 Å². The van der Waals surface area contributed by atoms with Crippen molar-refractivity contribution in [1.29, 1.82) is 0 Å². The summed E-state index contributed by atoms with van der Waals surface area (Å²) >= 11 is 0. The van der Waals surface area contributed by atoms with Crippen LogP contribution in [0.2, 0.25) is 0 Å². The van der Waals surface area contributed by atoms with Crippen LogP contribution in [-0.2, 0) is 16.1 Å². The van der Waals surface area contributed by atoms with E-state index in [0.717, 1.165) is 5.82 Å². The Morgan fingerprint density at radius 1 is 1.67 bits per heavy atom. The van der Waals surface area contributed by atoms with E-state index in [1.807, 2.05) is 6.92 Å². The zero-order valence-electron chi connectivity index (χ0n) is 9.19. The lowest BCUT2D eigenvalue weighted by Crippen LogP contribution is -2.27. The second-order valence-corrected chi connectivity index (χ2v) is 3.23. The molecule has 0 fully saturated rings. The fourth-order valence-corrected chi connectivity index (χ4v) is 1.19. The third-order valence-corrected chi connectivity index (χ3v) is 2.03. The first kappa shape index (κ1) is 11.7. The lowest BCUT2D eigenvalue weighted by Gasteiger charge is -2.15. The van der Waals surface area contributed by atoms with Gasteiger partial charge in [-0.25, -0.2) is 4.98 Å². The van der Waals surface area contributed by atoms with E-state index in [9.17, 15) is 4.79 Å². The van der Waals surface area contributed by atoms with Crippen molar-refractivity contribution in [3.05, 3.63) is 18.2 Å². The number of imidazole rings is 1. The molecule has 0 bridgehead atoms. The van der Waals surface area contributed by atoms with Gasteiger partial charge in [-0.1, -0.05) is 0 Å². The van der Waals surface area contributed by atoms with Gasteiger partial charge in [0.05, 0.1) is 19.6 Å². The number of amides is 1. The van der Waals surface area contributed by atoms with Crippen LogP contribution >= 0.6 is 0 Å². The van der Waals surface area contributed by atoms with Crippen LogP contribution < -0.4 is 0 Å². The van der Waals surface area contributed by atoms with Gasteiger partial charge in [-0.15, -0.1) is 0 Å². The Labute approximate surface area is 89.4 Å². The van der Waals surface area contributed by atoms with Crippen molar-refractivity contribution in [3.8, 4) is 0 Å². The van der Waals surface area contributed by atoms with E-state index in [2.05, 4.69) is 9.97 Å². The molecule has 15 heavy (non-hydrogen) atoms. The van der Waals surface area contributed by atoms with Gasteiger partial charge in [-0.2, -0.15) is 0 Å². The molecule has 0 aromatic carbocycles. The molecule has 1 rings (SSSR count). The van der Waals surface area contributed by atoms with Crippen LogP contribution in [0.3, 0.4) is 0 Å². The summed E-state index contributed by atoms with van der Waals surface area (Å²) in [5.74, 6) is 0.863. The topological polar surface area (TPSA) is 58.2 Å². The molecule has 0 aliphatic heterocycles. The first-order valence-corrected chi connectivity index (χ1v) is 5.04. The van der Waals surface area contributed by atoms with E-state index >= 15 is 0 Å². The van der Waals surface area contributed by atoms with Crippen LogP contribution in [0, 0.1) is 0 Å². The number of nitrogens with one attached hydrogen (secondary N) is 1. The number of aromatic amines is 1. The summed E-state index contributed by atoms with van der Waals surface area (Å²) in [7, 11) is 1.76. The summed E-state index contributed by atoms with van der Waals surface area (Å²) in [5.41, 5.74) is 0. The highest BCUT2D eigenvalue weighted by Gasteiger charge is 2.09. The summed E-state index contributed by atoms with van der Waals surface area (Å²) in [4.78, 5) is 20.2. The molecule has 0 saturated heterocycles. The first-order valence-electron chi connectivity index (χ1n) is 5.04. The summed E-state index contributed by atoms with van der Waals surface area (Å²) in [6.07, 6.45) is 3.84. The zero-order chi connectivity index (χ0) is 11.1. The maximum atomic E-state index is 11.5. The van der Waals surface area contributed by atoms with Gasteiger partial charge in [-0.05, 0) is 6.92 Å². The minimum atomic E-state index is 0.0693. The standard InChI is InChI=1S/C10H17N3O2/c1-3-15-7-4-10(14)13(2)8-9-11-5-6-12-9/h5-6H,3-4,7-8H2,1-2H3,(H,11,12). The lowest BCUT2D eigenvalue weighted by atomic mass is 10.4. The fraction of sp³-hybridized carbons (Fsp3) is 0.600. The van der Waals surface area contributed by atoms with Crippen LogP contribution in [0.5, 0.6) is 0 Å². The molecule has 0 aliphatic carbocycles. The molecular weight excluding hydrogens is 194 g/mol. The smallest absolute Gasteiger partial charge is 0.225 e. The van der Waals surface area contributed by atoms with Gasteiger partial charge in [0, 0.05) is 26.0 Å². The molecule has 0 atom stereocenters. The van der Waals surface area contributed by atoms with Gasteiger partial charge in [0.25, 0.3) is 0 Å². The molecule has 0 unspecified atom stereocenters. The predicted octanol–water partition coefficient (Wildman–Crippen LogP) is 0.795. The highest BCUT2D eigenvalue weighted by atomic mass is 16.5. The molecule has 1 amide bonds. The Morgan fingerprint density at radius 3 is 3.07 bits per heavy atom. The Morgan fingerprint density at radius 2 is 2.47 bits per heavy atom. The monoisotopic (exact) mass is 211 g/mol. The van der Waals surface area contributed by atoms with Gasteiger partial charge in [0.2, 0.25) is 5.91 Å². The van der Waals surface area contributed by atoms with E-state index in [0.29, 0.717) is 26.2 Å². The van der Waals surface area contributed by atoms with Crippen LogP contribution in [0.4, 0.5) is 0 Å². The fourth-order valence-electron chi connectivity index (χ4n) is 1.19. The lowest BCUT2D eigenvalue weighted by molar-refractivity contribution is -0.131. The largest absolute Gasteiger partial charge is 0.381 e. The highest BCUT2D eigenvalue weighted by molar-refractivity contribution is 5.75. The van der Waals surface area contributed by atoms with Crippen molar-refractivity contribution in [1.82, 2.24) is 14.9 Å². The Hall–Kier alpha value is -1.36. The second kappa shape index (κ2) is 6.19. The van der Waals surface area contributed by atoms with Crippen molar-refractivity contribution < 1.29 is 9.53 Å². The normalized spacial score (nSPS) is 10.3. The average Bonchev–Trinajstić information content (AvgIpc) is 2.70. The average molecular weight is 211 g/mol. The van der Waals surface area contributed by atoms with Crippen molar-refractivity contribution in [2.75, 3.05) is 20.3 Å². The number of aromatic nitrogens is 2. The Kier molecular flexibility index (Phi) is 4.83. The minimum absolute atomic E-state index is 0.0693. The Balaban J connectivity index is 2.27. The quantitative estimate of drug-likeness (QED) is 0.708. The molecule has 0 aliphatic rings. The third kappa shape index (κ3) is 4.12. The molecule has 5 nitrogen and oxygen atoms in total. The first-order chi connectivity index (χ1) is 7.24. The van der Waals surface area contributed by atoms with Gasteiger partial charge in [0.1, 0.15) is 5.82 Å². The van der Waals surface area contributed by atoms with E-state index < -0.39 is 0 Å². The number of hydrogen-bond donors (Lipinski definition) is 1. The van der Waals surface area contributed by atoms with Crippen LogP contribution in [0.25, 0.3) is 0 Å². The SMILES string of the molecule is CCOCCC(=O)N(C)Cc1ncc[nH]1. The zero-order valence-corrected chi connectivity index (χ0v) is 9.19. The minimum Gasteiger partial charge on any atom is -0.381 e. The molecular formula is C10H17N3O2. The van der Waals surface area contributed by atoms with Gasteiger partial charge in [0.15, 0.2) is 0 Å². The number of ether oxygens (including phenoxy) is 1. The van der Waals surface area contributed by atoms with E-state index in [-0.39, 0.29) is 5.91 Å². The predicted molar refractivity (Wildman–Crippen MR) is 56.2 cm³/mol. The maximum Gasteiger partial charge on any atom is 0.225 e. The summed E-state index contributed by atoms with van der Waals surface area (Å²) in [5, 5.41) is 0. The number of nitrogens with zero attached hydrogens (tertiary/aromatic N) is 2. The molecule has 0 spiro atoms. The highest BCUT2D eigenvalue weighted by Crippen LogP contribution is 1.98. The number of rotatable bonds is 6. The van der Waals surface area contributed by atoms with Crippen LogP contribution in [0.15, 0.2) is 12.4 Å². The van der Waals surface area contributed by atoms with Gasteiger partial charge in [-0.3, -0.25) is 4.79 Å². The molecule has 1 aromatic rings. The molecule has 1 N–H and O–H groups in total. The summed E-state index contributed by atoms with van der Waals surface area (Å²) in [6, 6.07) is 0. The number of carbonyl (C=O) groups excluding carboxylic acids is 1. The molecule has 1 aromatic heterocycles. The van der Waals surface area contributed by atoms with Crippen molar-refractivity contribution in [2.24, 2.45) is 0 Å². The summed E-state index contributed by atoms with van der Waals surface area (Å²) in [6.45, 7) is 3.56. The molecule has 5 heteroatoms. The van der Waals surface area contributed by atoms with E-state index in [4.69, 9.17) is 4.74 Å². The van der Waals surface area contributed by atoms with Gasteiger partial charge >= 0.3 is 0 Å². The third-order valence-electron chi connectivity index (χ3n) is 2.03. The second-order valence-electron chi connectivity index (χ2n) is 3.23. The Bertz CT molecular complexity index is 285. The maximum absolute atomic E-state index is 11.5. The van der Waals surface area contributed by atoms with Crippen molar-refractivity contribution in [3.63, 3.8) is 0 Å². The van der Waals surface area contributed by atoms with Gasteiger partial charge < -0.3 is 14.6 Å². The van der Waals surface area contributed by atoms with E-state index in [1.54, 1.807) is 24.3 Å². The number of H-pyrrole nitrogens is 1.